The number of nitrogens with one attached hydrogen (secondary N) is 3. The highest BCUT2D eigenvalue weighted by Crippen LogP contribution is 2.12. The second-order valence-electron chi connectivity index (χ2n) is 5.73. The van der Waals surface area contributed by atoms with Crippen LogP contribution in [0.25, 0.3) is 11.1 Å². The van der Waals surface area contributed by atoms with Gasteiger partial charge in [-0.25, -0.2) is 4.79 Å². The zero-order valence-corrected chi connectivity index (χ0v) is 15.2. The highest BCUT2D eigenvalue weighted by Gasteiger charge is 2.09. The van der Waals surface area contributed by atoms with Crippen LogP contribution in [0.4, 0.5) is 0 Å². The van der Waals surface area contributed by atoms with Crippen LogP contribution in [0.15, 0.2) is 33.5 Å². The van der Waals surface area contributed by atoms with Gasteiger partial charge in [0.15, 0.2) is 10.7 Å². The first kappa shape index (κ1) is 19.0. The fourth-order valence-electron chi connectivity index (χ4n) is 2.43. The Labute approximate surface area is 151 Å². The lowest BCUT2D eigenvalue weighted by Crippen LogP contribution is -2.46. The molecule has 1 aromatic heterocycles. The Bertz CT molecular complexity index is 769. The number of oxazole rings is 1. The monoisotopic (exact) mass is 364 g/mol. The molecule has 2 aromatic rings. The highest BCUT2D eigenvalue weighted by molar-refractivity contribution is 7.80. The van der Waals surface area contributed by atoms with Crippen molar-refractivity contribution in [3.05, 3.63) is 34.8 Å². The van der Waals surface area contributed by atoms with Crippen molar-refractivity contribution in [1.82, 2.24) is 20.7 Å². The topological polar surface area (TPSA) is 88.3 Å². The van der Waals surface area contributed by atoms with Crippen molar-refractivity contribution < 1.29 is 9.21 Å². The number of fused-ring (bicyclic) bond motifs is 1. The van der Waals surface area contributed by atoms with E-state index in [0.29, 0.717) is 23.7 Å². The number of para-hydroxylation sites is 2. The molecule has 8 heteroatoms. The van der Waals surface area contributed by atoms with Gasteiger partial charge in [-0.1, -0.05) is 31.9 Å². The zero-order chi connectivity index (χ0) is 18.1. The molecular formula is C17H24N4O3S. The van der Waals surface area contributed by atoms with Crippen molar-refractivity contribution in [2.75, 3.05) is 6.54 Å². The minimum absolute atomic E-state index is 0.182. The van der Waals surface area contributed by atoms with Gasteiger partial charge in [0.05, 0.1) is 5.52 Å². The quantitative estimate of drug-likeness (QED) is 0.377. The number of carbonyl (C=O) groups is 1. The third-order valence-electron chi connectivity index (χ3n) is 3.74. The van der Waals surface area contributed by atoms with E-state index < -0.39 is 5.76 Å². The number of thiocarbonyl (C=S) groups is 1. The molecule has 2 rings (SSSR count). The Balaban J connectivity index is 1.69. The molecule has 0 bridgehead atoms. The van der Waals surface area contributed by atoms with Crippen LogP contribution < -0.4 is 21.9 Å². The predicted octanol–water partition coefficient (Wildman–Crippen LogP) is 2.06. The molecule has 1 heterocycles. The molecule has 0 atom stereocenters. The third kappa shape index (κ3) is 5.90. The maximum absolute atomic E-state index is 11.8. The molecule has 0 aliphatic carbocycles. The van der Waals surface area contributed by atoms with E-state index in [1.54, 1.807) is 6.07 Å². The van der Waals surface area contributed by atoms with Crippen LogP contribution in [0.5, 0.6) is 0 Å². The fourth-order valence-corrected chi connectivity index (χ4v) is 2.59. The number of hydrazine groups is 1. The molecule has 0 saturated heterocycles. The number of aryl methyl sites for hydroxylation is 1. The number of amides is 1. The maximum atomic E-state index is 11.8. The average Bonchev–Trinajstić information content (AvgIpc) is 2.92. The number of rotatable bonds is 8. The number of nitrogens with zero attached hydrogens (tertiary/aromatic N) is 1. The summed E-state index contributed by atoms with van der Waals surface area (Å²) in [6.07, 6.45) is 4.13. The lowest BCUT2D eigenvalue weighted by Gasteiger charge is -2.11. The largest absolute Gasteiger partial charge is 0.419 e. The predicted molar refractivity (Wildman–Crippen MR) is 101 cm³/mol. The van der Waals surface area contributed by atoms with Crippen LogP contribution in [0.1, 0.15) is 39.0 Å². The molecule has 7 nitrogen and oxygen atoms in total. The molecule has 1 aromatic carbocycles. The number of hydrogen-bond donors (Lipinski definition) is 3. The number of aromatic nitrogens is 1. The number of unbranched alkanes of at least 4 members (excludes halogenated alkanes) is 2. The first-order chi connectivity index (χ1) is 12.1. The summed E-state index contributed by atoms with van der Waals surface area (Å²) in [5.41, 5.74) is 6.52. The lowest BCUT2D eigenvalue weighted by atomic mass is 10.2. The maximum Gasteiger partial charge on any atom is 0.419 e. The molecule has 25 heavy (non-hydrogen) atoms. The van der Waals surface area contributed by atoms with Gasteiger partial charge in [-0.05, 0) is 37.2 Å². The number of hydrogen-bond acceptors (Lipinski definition) is 4. The molecule has 0 spiro atoms. The summed E-state index contributed by atoms with van der Waals surface area (Å²) in [4.78, 5) is 23.7. The van der Waals surface area contributed by atoms with Gasteiger partial charge in [0, 0.05) is 19.5 Å². The van der Waals surface area contributed by atoms with Crippen molar-refractivity contribution >= 4 is 34.3 Å². The van der Waals surface area contributed by atoms with Crippen LogP contribution >= 0.6 is 12.2 Å². The first-order valence-corrected chi connectivity index (χ1v) is 8.93. The summed E-state index contributed by atoms with van der Waals surface area (Å²) in [7, 11) is 0. The highest BCUT2D eigenvalue weighted by atomic mass is 32.1. The summed E-state index contributed by atoms with van der Waals surface area (Å²) in [6.45, 7) is 3.34. The zero-order valence-electron chi connectivity index (χ0n) is 14.3. The van der Waals surface area contributed by atoms with Gasteiger partial charge < -0.3 is 9.73 Å². The molecule has 0 radical (unpaired) electrons. The van der Waals surface area contributed by atoms with E-state index >= 15 is 0 Å². The van der Waals surface area contributed by atoms with Crippen LogP contribution in [-0.2, 0) is 11.3 Å². The lowest BCUT2D eigenvalue weighted by molar-refractivity contribution is -0.121. The Kier molecular flexibility index (Phi) is 7.46. The van der Waals surface area contributed by atoms with E-state index in [-0.39, 0.29) is 12.3 Å². The summed E-state index contributed by atoms with van der Waals surface area (Å²) >= 11 is 5.07. The van der Waals surface area contributed by atoms with Gasteiger partial charge in [-0.2, -0.15) is 0 Å². The van der Waals surface area contributed by atoms with Gasteiger partial charge in [0.1, 0.15) is 0 Å². The van der Waals surface area contributed by atoms with Gasteiger partial charge in [0.2, 0.25) is 5.91 Å². The molecular weight excluding hydrogens is 340 g/mol. The molecule has 0 unspecified atom stereocenters. The Morgan fingerprint density at radius 1 is 1.20 bits per heavy atom. The summed E-state index contributed by atoms with van der Waals surface area (Å²) < 4.78 is 6.70. The summed E-state index contributed by atoms with van der Waals surface area (Å²) in [5, 5.41) is 3.43. The second kappa shape index (κ2) is 9.83. The summed E-state index contributed by atoms with van der Waals surface area (Å²) in [6, 6.07) is 7.23. The molecule has 0 fully saturated rings. The van der Waals surface area contributed by atoms with Crippen LogP contribution in [0, 0.1) is 0 Å². The molecule has 0 saturated carbocycles. The molecule has 136 valence electrons. The number of benzene rings is 1. The van der Waals surface area contributed by atoms with E-state index in [1.807, 2.05) is 18.2 Å². The standard InChI is InChI=1S/C17H24N4O3S/c1-2-3-6-11-18-16(25)20-19-15(22)10-7-12-21-13-8-4-5-9-14(13)24-17(21)23/h4-5,8-9H,2-3,6-7,10-12H2,1H3,(H,19,22)(H2,18,20,25). The Morgan fingerprint density at radius 3 is 2.80 bits per heavy atom. The molecule has 0 aliphatic heterocycles. The average molecular weight is 364 g/mol. The molecule has 3 N–H and O–H groups in total. The minimum Gasteiger partial charge on any atom is -0.408 e. The van der Waals surface area contributed by atoms with Crippen LogP contribution in [-0.4, -0.2) is 22.1 Å². The summed E-state index contributed by atoms with van der Waals surface area (Å²) in [5.74, 6) is -0.587. The van der Waals surface area contributed by atoms with Crippen molar-refractivity contribution in [1.29, 1.82) is 0 Å². The van der Waals surface area contributed by atoms with Crippen molar-refractivity contribution in [3.8, 4) is 0 Å². The van der Waals surface area contributed by atoms with Gasteiger partial charge in [-0.3, -0.25) is 20.2 Å². The SMILES string of the molecule is CCCCCNC(=S)NNC(=O)CCCn1c(=O)oc2ccccc21. The van der Waals surface area contributed by atoms with E-state index in [0.717, 1.165) is 31.3 Å². The molecule has 0 aliphatic rings. The van der Waals surface area contributed by atoms with E-state index in [1.165, 1.54) is 4.57 Å². The van der Waals surface area contributed by atoms with Crippen molar-refractivity contribution in [2.45, 2.75) is 45.6 Å². The smallest absolute Gasteiger partial charge is 0.408 e. The van der Waals surface area contributed by atoms with Gasteiger partial charge >= 0.3 is 5.76 Å². The first-order valence-electron chi connectivity index (χ1n) is 8.53. The van der Waals surface area contributed by atoms with Gasteiger partial charge in [0.25, 0.3) is 0 Å². The number of carbonyl (C=O) groups excluding carboxylic acids is 1. The Morgan fingerprint density at radius 2 is 2.00 bits per heavy atom. The Hall–Kier alpha value is -2.35. The van der Waals surface area contributed by atoms with E-state index in [4.69, 9.17) is 16.6 Å². The van der Waals surface area contributed by atoms with E-state index in [2.05, 4.69) is 23.1 Å². The van der Waals surface area contributed by atoms with Crippen molar-refractivity contribution in [3.63, 3.8) is 0 Å². The minimum atomic E-state index is -0.405. The van der Waals surface area contributed by atoms with E-state index in [9.17, 15) is 9.59 Å². The molecule has 1 amide bonds. The second-order valence-corrected chi connectivity index (χ2v) is 6.14. The normalized spacial score (nSPS) is 10.6. The van der Waals surface area contributed by atoms with Gasteiger partial charge in [-0.15, -0.1) is 0 Å². The fraction of sp³-hybridized carbons (Fsp3) is 0.471. The van der Waals surface area contributed by atoms with Crippen molar-refractivity contribution in [2.24, 2.45) is 0 Å². The third-order valence-corrected chi connectivity index (χ3v) is 3.99. The van der Waals surface area contributed by atoms with Crippen LogP contribution in [0.2, 0.25) is 0 Å². The van der Waals surface area contributed by atoms with Crippen LogP contribution in [0.3, 0.4) is 0 Å².